The van der Waals surface area contributed by atoms with Crippen molar-refractivity contribution >= 4 is 29.7 Å². The van der Waals surface area contributed by atoms with Gasteiger partial charge in [-0.3, -0.25) is 4.79 Å². The van der Waals surface area contributed by atoms with E-state index in [0.29, 0.717) is 18.4 Å². The van der Waals surface area contributed by atoms with Crippen molar-refractivity contribution in [2.75, 3.05) is 30.8 Å². The molecule has 2 N–H and O–H groups in total. The van der Waals surface area contributed by atoms with Crippen LogP contribution in [0.3, 0.4) is 0 Å². The second-order valence-electron chi connectivity index (χ2n) is 6.45. The second-order valence-corrected chi connectivity index (χ2v) is 6.45. The molecule has 124 valence electrons. The minimum absolute atomic E-state index is 0. The Morgan fingerprint density at radius 1 is 1.27 bits per heavy atom. The minimum Gasteiger partial charge on any atom is -0.382 e. The third kappa shape index (κ3) is 6.24. The fraction of sp³-hybridized carbons (Fsp3) is 0.588. The van der Waals surface area contributed by atoms with E-state index in [-0.39, 0.29) is 18.3 Å². The molecule has 1 aliphatic heterocycles. The fourth-order valence-electron chi connectivity index (χ4n) is 2.66. The predicted octanol–water partition coefficient (Wildman–Crippen LogP) is 3.60. The van der Waals surface area contributed by atoms with Crippen molar-refractivity contribution in [2.45, 2.75) is 39.2 Å². The first-order valence-corrected chi connectivity index (χ1v) is 7.88. The maximum Gasteiger partial charge on any atom is 0.224 e. The molecule has 0 saturated carbocycles. The molecule has 1 saturated heterocycles. The Morgan fingerprint density at radius 3 is 2.55 bits per heavy atom. The lowest BCUT2D eigenvalue weighted by Crippen LogP contribution is -2.36. The maximum atomic E-state index is 11.8. The highest BCUT2D eigenvalue weighted by Gasteiger charge is 2.16. The molecule has 1 heterocycles. The number of hydrogen-bond donors (Lipinski definition) is 2. The Labute approximate surface area is 140 Å². The first-order valence-electron chi connectivity index (χ1n) is 7.88. The summed E-state index contributed by atoms with van der Waals surface area (Å²) in [5.41, 5.74) is 1.96. The lowest BCUT2D eigenvalue weighted by Gasteiger charge is -2.30. The predicted molar refractivity (Wildman–Crippen MR) is 95.9 cm³/mol. The van der Waals surface area contributed by atoms with Gasteiger partial charge in [-0.2, -0.15) is 0 Å². The normalized spacial score (nSPS) is 16.2. The second kappa shape index (κ2) is 9.01. The average Bonchev–Trinajstić information content (AvgIpc) is 2.41. The van der Waals surface area contributed by atoms with E-state index in [1.54, 1.807) is 0 Å². The van der Waals surface area contributed by atoms with Crippen LogP contribution in [0, 0.1) is 5.92 Å². The molecule has 1 aromatic rings. The quantitative estimate of drug-likeness (QED) is 0.869. The maximum absolute atomic E-state index is 11.8. The third-order valence-electron chi connectivity index (χ3n) is 3.83. The van der Waals surface area contributed by atoms with Crippen LogP contribution in [-0.4, -0.2) is 37.0 Å². The van der Waals surface area contributed by atoms with E-state index in [0.717, 1.165) is 24.5 Å². The van der Waals surface area contributed by atoms with Gasteiger partial charge in [0, 0.05) is 23.8 Å². The van der Waals surface area contributed by atoms with Crippen molar-refractivity contribution in [3.05, 3.63) is 24.3 Å². The molecular formula is C17H28ClN3O. The number of likely N-dealkylation sites (tertiary alicyclic amines) is 1. The Morgan fingerprint density at radius 2 is 1.91 bits per heavy atom. The number of nitrogens with one attached hydrogen (secondary N) is 2. The molecule has 1 fully saturated rings. The van der Waals surface area contributed by atoms with Crippen LogP contribution in [-0.2, 0) is 4.79 Å². The van der Waals surface area contributed by atoms with E-state index in [2.05, 4.69) is 42.5 Å². The summed E-state index contributed by atoms with van der Waals surface area (Å²) in [6.45, 7) is 6.39. The summed E-state index contributed by atoms with van der Waals surface area (Å²) in [6, 6.07) is 8.55. The largest absolute Gasteiger partial charge is 0.382 e. The van der Waals surface area contributed by atoms with Crippen molar-refractivity contribution < 1.29 is 4.79 Å². The molecule has 1 amide bonds. The van der Waals surface area contributed by atoms with E-state index in [9.17, 15) is 4.79 Å². The molecule has 0 unspecified atom stereocenters. The molecule has 2 rings (SSSR count). The summed E-state index contributed by atoms with van der Waals surface area (Å²) < 4.78 is 0. The van der Waals surface area contributed by atoms with E-state index in [1.807, 2.05) is 18.2 Å². The first kappa shape index (κ1) is 18.8. The summed E-state index contributed by atoms with van der Waals surface area (Å²) in [4.78, 5) is 14.2. The number of halogens is 1. The van der Waals surface area contributed by atoms with Crippen LogP contribution in [0.15, 0.2) is 24.3 Å². The number of carbonyl (C=O) groups is 1. The highest BCUT2D eigenvalue weighted by Crippen LogP contribution is 2.19. The standard InChI is InChI=1S/C17H27N3O.ClH/c1-13(2)11-17(21)19-16-6-4-5-15(12-16)18-14-7-9-20(3)10-8-14;/h4-6,12-14,18H,7-11H2,1-3H3,(H,19,21);1H. The SMILES string of the molecule is CC(C)CC(=O)Nc1cccc(NC2CCN(C)CC2)c1.Cl. The number of benzene rings is 1. The van der Waals surface area contributed by atoms with Gasteiger partial charge in [0.25, 0.3) is 0 Å². The zero-order valence-electron chi connectivity index (χ0n) is 13.8. The summed E-state index contributed by atoms with van der Waals surface area (Å²) in [5.74, 6) is 0.465. The minimum atomic E-state index is 0. The van der Waals surface area contributed by atoms with Gasteiger partial charge in [-0.05, 0) is 57.1 Å². The summed E-state index contributed by atoms with van der Waals surface area (Å²) in [6.07, 6.45) is 2.90. The molecule has 0 aliphatic carbocycles. The highest BCUT2D eigenvalue weighted by atomic mass is 35.5. The number of piperidine rings is 1. The van der Waals surface area contributed by atoms with Crippen LogP contribution in [0.1, 0.15) is 33.1 Å². The number of rotatable bonds is 5. The summed E-state index contributed by atoms with van der Waals surface area (Å²) >= 11 is 0. The van der Waals surface area contributed by atoms with Gasteiger partial charge in [-0.25, -0.2) is 0 Å². The molecule has 5 heteroatoms. The van der Waals surface area contributed by atoms with Gasteiger partial charge >= 0.3 is 0 Å². The van der Waals surface area contributed by atoms with E-state index in [1.165, 1.54) is 12.8 Å². The van der Waals surface area contributed by atoms with Gasteiger partial charge in [0.15, 0.2) is 0 Å². The lowest BCUT2D eigenvalue weighted by molar-refractivity contribution is -0.116. The molecule has 22 heavy (non-hydrogen) atoms. The van der Waals surface area contributed by atoms with Crippen molar-refractivity contribution in [2.24, 2.45) is 5.92 Å². The van der Waals surface area contributed by atoms with Crippen molar-refractivity contribution in [1.29, 1.82) is 0 Å². The Balaban J connectivity index is 0.00000242. The van der Waals surface area contributed by atoms with E-state index in [4.69, 9.17) is 0 Å². The highest BCUT2D eigenvalue weighted by molar-refractivity contribution is 5.91. The summed E-state index contributed by atoms with van der Waals surface area (Å²) in [5, 5.41) is 6.55. The smallest absolute Gasteiger partial charge is 0.224 e. The lowest BCUT2D eigenvalue weighted by atomic mass is 10.1. The first-order chi connectivity index (χ1) is 10.0. The van der Waals surface area contributed by atoms with Crippen molar-refractivity contribution in [1.82, 2.24) is 4.90 Å². The zero-order valence-corrected chi connectivity index (χ0v) is 14.6. The molecule has 0 aromatic heterocycles. The monoisotopic (exact) mass is 325 g/mol. The fourth-order valence-corrected chi connectivity index (χ4v) is 2.66. The van der Waals surface area contributed by atoms with E-state index < -0.39 is 0 Å². The molecule has 0 atom stereocenters. The number of anilines is 2. The van der Waals surface area contributed by atoms with E-state index >= 15 is 0 Å². The molecule has 0 spiro atoms. The van der Waals surface area contributed by atoms with Crippen LogP contribution in [0.5, 0.6) is 0 Å². The molecule has 1 aromatic carbocycles. The number of hydrogen-bond acceptors (Lipinski definition) is 3. The molecule has 0 bridgehead atoms. The van der Waals surface area contributed by atoms with Crippen LogP contribution < -0.4 is 10.6 Å². The summed E-state index contributed by atoms with van der Waals surface area (Å²) in [7, 11) is 2.17. The van der Waals surface area contributed by atoms with Crippen LogP contribution >= 0.6 is 12.4 Å². The van der Waals surface area contributed by atoms with Crippen LogP contribution in [0.2, 0.25) is 0 Å². The van der Waals surface area contributed by atoms with Gasteiger partial charge in [0.1, 0.15) is 0 Å². The zero-order chi connectivity index (χ0) is 15.2. The topological polar surface area (TPSA) is 44.4 Å². The number of carbonyl (C=O) groups excluding carboxylic acids is 1. The van der Waals surface area contributed by atoms with Gasteiger partial charge < -0.3 is 15.5 Å². The average molecular weight is 326 g/mol. The number of amides is 1. The molecular weight excluding hydrogens is 298 g/mol. The van der Waals surface area contributed by atoms with Gasteiger partial charge in [0.2, 0.25) is 5.91 Å². The Kier molecular flexibility index (Phi) is 7.69. The van der Waals surface area contributed by atoms with Crippen molar-refractivity contribution in [3.63, 3.8) is 0 Å². The third-order valence-corrected chi connectivity index (χ3v) is 3.83. The molecule has 4 nitrogen and oxygen atoms in total. The Hall–Kier alpha value is -1.26. The van der Waals surface area contributed by atoms with Gasteiger partial charge in [-0.15, -0.1) is 12.4 Å². The van der Waals surface area contributed by atoms with Crippen LogP contribution in [0.25, 0.3) is 0 Å². The van der Waals surface area contributed by atoms with Crippen LogP contribution in [0.4, 0.5) is 11.4 Å². The molecule has 0 radical (unpaired) electrons. The van der Waals surface area contributed by atoms with Gasteiger partial charge in [-0.1, -0.05) is 19.9 Å². The Bertz CT molecular complexity index is 471. The van der Waals surface area contributed by atoms with Gasteiger partial charge in [0.05, 0.1) is 0 Å². The van der Waals surface area contributed by atoms with Crippen molar-refractivity contribution in [3.8, 4) is 0 Å². The molecule has 1 aliphatic rings. The number of nitrogens with zero attached hydrogens (tertiary/aromatic N) is 1.